The number of aromatic amines is 1. The molecule has 3 rings (SSSR count). The summed E-state index contributed by atoms with van der Waals surface area (Å²) in [4.78, 5) is 35.1. The number of nitrogens with one attached hydrogen (secondary N) is 2. The standard InChI is InChI=1S/C15H12N4O2S/c1-9-6-12(20)11(7-17-9)14(21)18-13-8-22-15(19-13)10-2-4-16-5-3-10/h2-8H,1H3,(H,17,20)(H,18,21). The first-order chi connectivity index (χ1) is 10.6. The highest BCUT2D eigenvalue weighted by Crippen LogP contribution is 2.25. The number of hydrogen-bond donors (Lipinski definition) is 2. The number of H-pyrrole nitrogens is 1. The molecule has 0 aliphatic heterocycles. The molecule has 3 heterocycles. The van der Waals surface area contributed by atoms with Crippen molar-refractivity contribution in [2.75, 3.05) is 5.32 Å². The summed E-state index contributed by atoms with van der Waals surface area (Å²) in [6, 6.07) is 5.07. The summed E-state index contributed by atoms with van der Waals surface area (Å²) in [7, 11) is 0. The predicted molar refractivity (Wildman–Crippen MR) is 85.1 cm³/mol. The number of aryl methyl sites for hydroxylation is 1. The Morgan fingerprint density at radius 2 is 2.09 bits per heavy atom. The lowest BCUT2D eigenvalue weighted by molar-refractivity contribution is 0.102. The van der Waals surface area contributed by atoms with Crippen LogP contribution in [0.1, 0.15) is 16.1 Å². The number of aromatic nitrogens is 3. The highest BCUT2D eigenvalue weighted by molar-refractivity contribution is 7.13. The second kappa shape index (κ2) is 5.90. The van der Waals surface area contributed by atoms with Crippen molar-refractivity contribution in [2.24, 2.45) is 0 Å². The monoisotopic (exact) mass is 312 g/mol. The van der Waals surface area contributed by atoms with Crippen molar-refractivity contribution in [3.63, 3.8) is 0 Å². The lowest BCUT2D eigenvalue weighted by Gasteiger charge is -2.01. The fraction of sp³-hybridized carbons (Fsp3) is 0.0667. The van der Waals surface area contributed by atoms with E-state index in [1.807, 2.05) is 12.1 Å². The number of carbonyl (C=O) groups is 1. The molecular formula is C15H12N4O2S. The van der Waals surface area contributed by atoms with Crippen molar-refractivity contribution >= 4 is 23.1 Å². The van der Waals surface area contributed by atoms with Gasteiger partial charge in [-0.05, 0) is 19.1 Å². The maximum Gasteiger partial charge on any atom is 0.262 e. The Morgan fingerprint density at radius 1 is 1.32 bits per heavy atom. The van der Waals surface area contributed by atoms with Gasteiger partial charge >= 0.3 is 0 Å². The first-order valence-corrected chi connectivity index (χ1v) is 7.38. The Labute approximate surface area is 129 Å². The van der Waals surface area contributed by atoms with E-state index in [9.17, 15) is 9.59 Å². The van der Waals surface area contributed by atoms with Crippen molar-refractivity contribution in [2.45, 2.75) is 6.92 Å². The van der Waals surface area contributed by atoms with Crippen LogP contribution in [0.15, 0.2) is 47.0 Å². The van der Waals surface area contributed by atoms with Crippen molar-refractivity contribution in [1.82, 2.24) is 15.0 Å². The van der Waals surface area contributed by atoms with Crippen molar-refractivity contribution in [3.8, 4) is 10.6 Å². The van der Waals surface area contributed by atoms with Crippen LogP contribution < -0.4 is 10.7 Å². The Balaban J connectivity index is 1.80. The van der Waals surface area contributed by atoms with E-state index < -0.39 is 5.91 Å². The van der Waals surface area contributed by atoms with Gasteiger partial charge in [-0.15, -0.1) is 11.3 Å². The topological polar surface area (TPSA) is 87.7 Å². The van der Waals surface area contributed by atoms with Crippen LogP contribution >= 0.6 is 11.3 Å². The van der Waals surface area contributed by atoms with Gasteiger partial charge in [-0.2, -0.15) is 0 Å². The van der Waals surface area contributed by atoms with Crippen LogP contribution in [0, 0.1) is 6.92 Å². The highest BCUT2D eigenvalue weighted by atomic mass is 32.1. The molecule has 3 aromatic heterocycles. The SMILES string of the molecule is Cc1cc(=O)c(C(=O)Nc2csc(-c3ccncc3)n2)c[nH]1. The van der Waals surface area contributed by atoms with Gasteiger partial charge in [-0.3, -0.25) is 14.6 Å². The second-order valence-corrected chi connectivity index (χ2v) is 5.48. The molecule has 0 fully saturated rings. The minimum atomic E-state index is -0.479. The molecule has 2 N–H and O–H groups in total. The lowest BCUT2D eigenvalue weighted by atomic mass is 10.2. The van der Waals surface area contributed by atoms with Gasteiger partial charge in [0, 0.05) is 41.3 Å². The molecular weight excluding hydrogens is 300 g/mol. The maximum absolute atomic E-state index is 12.1. The molecule has 7 heteroatoms. The van der Waals surface area contributed by atoms with Crippen LogP contribution in [0.25, 0.3) is 10.6 Å². The van der Waals surface area contributed by atoms with E-state index in [1.165, 1.54) is 23.6 Å². The normalized spacial score (nSPS) is 10.4. The summed E-state index contributed by atoms with van der Waals surface area (Å²) < 4.78 is 0. The van der Waals surface area contributed by atoms with Gasteiger partial charge in [0.25, 0.3) is 5.91 Å². The highest BCUT2D eigenvalue weighted by Gasteiger charge is 2.12. The predicted octanol–water partition coefficient (Wildman–Crippen LogP) is 2.45. The van der Waals surface area contributed by atoms with E-state index in [1.54, 1.807) is 24.7 Å². The smallest absolute Gasteiger partial charge is 0.262 e. The van der Waals surface area contributed by atoms with Gasteiger partial charge in [0.05, 0.1) is 0 Å². The Hall–Kier alpha value is -2.80. The Morgan fingerprint density at radius 3 is 2.82 bits per heavy atom. The first kappa shape index (κ1) is 14.2. The zero-order chi connectivity index (χ0) is 15.5. The zero-order valence-corrected chi connectivity index (χ0v) is 12.5. The van der Waals surface area contributed by atoms with Gasteiger partial charge in [-0.25, -0.2) is 4.98 Å². The molecule has 110 valence electrons. The summed E-state index contributed by atoms with van der Waals surface area (Å²) in [5, 5.41) is 5.14. The van der Waals surface area contributed by atoms with Gasteiger partial charge < -0.3 is 10.3 Å². The molecule has 3 aromatic rings. The molecule has 0 saturated heterocycles. The average Bonchev–Trinajstić information content (AvgIpc) is 2.96. The second-order valence-electron chi connectivity index (χ2n) is 4.62. The molecule has 6 nitrogen and oxygen atoms in total. The molecule has 1 amide bonds. The van der Waals surface area contributed by atoms with E-state index >= 15 is 0 Å². The first-order valence-electron chi connectivity index (χ1n) is 6.50. The molecule has 0 atom stereocenters. The molecule has 0 saturated carbocycles. The number of hydrogen-bond acceptors (Lipinski definition) is 5. The van der Waals surface area contributed by atoms with E-state index in [4.69, 9.17) is 0 Å². The van der Waals surface area contributed by atoms with Crippen LogP contribution in [0.2, 0.25) is 0 Å². The van der Waals surface area contributed by atoms with E-state index in [-0.39, 0.29) is 11.0 Å². The molecule has 0 unspecified atom stereocenters. The molecule has 0 spiro atoms. The van der Waals surface area contributed by atoms with E-state index in [0.29, 0.717) is 11.5 Å². The summed E-state index contributed by atoms with van der Waals surface area (Å²) >= 11 is 1.41. The molecule has 0 aliphatic carbocycles. The molecule has 22 heavy (non-hydrogen) atoms. The number of rotatable bonds is 3. The molecule has 0 aliphatic rings. The largest absolute Gasteiger partial charge is 0.364 e. The summed E-state index contributed by atoms with van der Waals surface area (Å²) in [6.07, 6.45) is 4.77. The number of nitrogens with zero attached hydrogens (tertiary/aromatic N) is 2. The van der Waals surface area contributed by atoms with Crippen molar-refractivity contribution in [3.05, 3.63) is 63.7 Å². The van der Waals surface area contributed by atoms with E-state index in [2.05, 4.69) is 20.3 Å². The van der Waals surface area contributed by atoms with E-state index in [0.717, 1.165) is 10.6 Å². The number of thiazole rings is 1. The molecule has 0 radical (unpaired) electrons. The number of pyridine rings is 2. The minimum Gasteiger partial charge on any atom is -0.364 e. The van der Waals surface area contributed by atoms with Gasteiger partial charge in [0.2, 0.25) is 0 Å². The van der Waals surface area contributed by atoms with Crippen molar-refractivity contribution < 1.29 is 4.79 Å². The lowest BCUT2D eigenvalue weighted by Crippen LogP contribution is -2.21. The van der Waals surface area contributed by atoms with Crippen LogP contribution in [0.4, 0.5) is 5.82 Å². The third kappa shape index (κ3) is 2.94. The van der Waals surface area contributed by atoms with Gasteiger partial charge in [0.15, 0.2) is 5.43 Å². The zero-order valence-electron chi connectivity index (χ0n) is 11.7. The van der Waals surface area contributed by atoms with Crippen LogP contribution in [-0.4, -0.2) is 20.9 Å². The molecule has 0 aromatic carbocycles. The number of amides is 1. The maximum atomic E-state index is 12.1. The fourth-order valence-corrected chi connectivity index (χ4v) is 2.65. The van der Waals surface area contributed by atoms with Crippen molar-refractivity contribution in [1.29, 1.82) is 0 Å². The third-order valence-corrected chi connectivity index (χ3v) is 3.87. The minimum absolute atomic E-state index is 0.0593. The summed E-state index contributed by atoms with van der Waals surface area (Å²) in [5.41, 5.74) is 1.37. The van der Waals surface area contributed by atoms with Gasteiger partial charge in [0.1, 0.15) is 16.4 Å². The quantitative estimate of drug-likeness (QED) is 0.777. The fourth-order valence-electron chi connectivity index (χ4n) is 1.89. The average molecular weight is 312 g/mol. The van der Waals surface area contributed by atoms with Crippen LogP contribution in [0.5, 0.6) is 0 Å². The van der Waals surface area contributed by atoms with Crippen LogP contribution in [-0.2, 0) is 0 Å². The number of anilines is 1. The Kier molecular flexibility index (Phi) is 3.80. The molecule has 0 bridgehead atoms. The van der Waals surface area contributed by atoms with Gasteiger partial charge in [-0.1, -0.05) is 0 Å². The number of carbonyl (C=O) groups excluding carboxylic acids is 1. The Bertz CT molecular complexity index is 871. The van der Waals surface area contributed by atoms with Crippen LogP contribution in [0.3, 0.4) is 0 Å². The summed E-state index contributed by atoms with van der Waals surface area (Å²) in [6.45, 7) is 1.75. The third-order valence-electron chi connectivity index (χ3n) is 2.97. The summed E-state index contributed by atoms with van der Waals surface area (Å²) in [5.74, 6) is -0.0605.